The molecular weight excluding hydrogens is 240 g/mol. The number of aromatic nitrogens is 3. The van der Waals surface area contributed by atoms with Gasteiger partial charge in [-0.05, 0) is 25.3 Å². The van der Waals surface area contributed by atoms with Crippen LogP contribution in [0.1, 0.15) is 32.0 Å². The molecule has 0 amide bonds. The lowest BCUT2D eigenvalue weighted by Crippen LogP contribution is -2.44. The molecule has 5 heteroatoms. The summed E-state index contributed by atoms with van der Waals surface area (Å²) >= 11 is 0. The molecule has 3 rings (SSSR count). The summed E-state index contributed by atoms with van der Waals surface area (Å²) in [4.78, 5) is 8.90. The first kappa shape index (κ1) is 12.6. The van der Waals surface area contributed by atoms with Crippen molar-refractivity contribution >= 4 is 11.0 Å². The van der Waals surface area contributed by atoms with E-state index in [1.807, 2.05) is 18.5 Å². The van der Waals surface area contributed by atoms with E-state index >= 15 is 0 Å². The number of pyridine rings is 1. The SMILES string of the molecule is CCCn1c(C2(N)CCOCC2)nc2cnccc21. The molecule has 1 saturated heterocycles. The maximum absolute atomic E-state index is 6.59. The molecule has 0 saturated carbocycles. The molecular formula is C14H20N4O. The fraction of sp³-hybridized carbons (Fsp3) is 0.571. The van der Waals surface area contributed by atoms with E-state index in [0.717, 1.165) is 42.7 Å². The van der Waals surface area contributed by atoms with Crippen LogP contribution >= 0.6 is 0 Å². The van der Waals surface area contributed by atoms with Crippen LogP contribution in [-0.2, 0) is 16.8 Å². The Kier molecular flexibility index (Phi) is 3.24. The van der Waals surface area contributed by atoms with Crippen molar-refractivity contribution in [3.05, 3.63) is 24.3 Å². The first-order valence-electron chi connectivity index (χ1n) is 6.92. The highest BCUT2D eigenvalue weighted by atomic mass is 16.5. The van der Waals surface area contributed by atoms with E-state index in [-0.39, 0.29) is 5.54 Å². The summed E-state index contributed by atoms with van der Waals surface area (Å²) in [5.74, 6) is 0.987. The topological polar surface area (TPSA) is 66.0 Å². The van der Waals surface area contributed by atoms with Crippen molar-refractivity contribution in [1.29, 1.82) is 0 Å². The number of hydrogen-bond acceptors (Lipinski definition) is 4. The van der Waals surface area contributed by atoms with E-state index in [2.05, 4.69) is 16.5 Å². The van der Waals surface area contributed by atoms with Crippen molar-refractivity contribution in [3.63, 3.8) is 0 Å². The number of hydrogen-bond donors (Lipinski definition) is 1. The van der Waals surface area contributed by atoms with Gasteiger partial charge in [0.15, 0.2) is 0 Å². The van der Waals surface area contributed by atoms with Crippen molar-refractivity contribution in [3.8, 4) is 0 Å². The number of fused-ring (bicyclic) bond motifs is 1. The summed E-state index contributed by atoms with van der Waals surface area (Å²) in [6, 6.07) is 2.02. The number of aryl methyl sites for hydroxylation is 1. The summed E-state index contributed by atoms with van der Waals surface area (Å²) in [6.07, 6.45) is 6.34. The average molecular weight is 260 g/mol. The zero-order valence-electron chi connectivity index (χ0n) is 11.3. The third-order valence-corrected chi connectivity index (χ3v) is 3.83. The molecule has 0 atom stereocenters. The Bertz CT molecular complexity index is 572. The Morgan fingerprint density at radius 3 is 2.95 bits per heavy atom. The van der Waals surface area contributed by atoms with E-state index in [1.54, 1.807) is 0 Å². The fourth-order valence-electron chi connectivity index (χ4n) is 2.77. The third-order valence-electron chi connectivity index (χ3n) is 3.83. The van der Waals surface area contributed by atoms with E-state index in [0.29, 0.717) is 13.2 Å². The zero-order valence-corrected chi connectivity index (χ0v) is 11.3. The van der Waals surface area contributed by atoms with E-state index in [1.165, 1.54) is 0 Å². The van der Waals surface area contributed by atoms with Gasteiger partial charge in [-0.3, -0.25) is 4.98 Å². The monoisotopic (exact) mass is 260 g/mol. The highest BCUT2D eigenvalue weighted by Gasteiger charge is 2.35. The minimum atomic E-state index is -0.369. The second kappa shape index (κ2) is 4.90. The third kappa shape index (κ3) is 2.13. The minimum absolute atomic E-state index is 0.369. The molecule has 1 aliphatic heterocycles. The normalized spacial score (nSPS) is 18.8. The van der Waals surface area contributed by atoms with Crippen molar-refractivity contribution in [2.75, 3.05) is 13.2 Å². The molecule has 0 bridgehead atoms. The van der Waals surface area contributed by atoms with Crippen molar-refractivity contribution in [1.82, 2.24) is 14.5 Å². The van der Waals surface area contributed by atoms with Crippen LogP contribution in [-0.4, -0.2) is 27.7 Å². The van der Waals surface area contributed by atoms with Crippen LogP contribution < -0.4 is 5.73 Å². The number of rotatable bonds is 3. The second-order valence-electron chi connectivity index (χ2n) is 5.22. The summed E-state index contributed by atoms with van der Waals surface area (Å²) in [7, 11) is 0. The molecule has 0 unspecified atom stereocenters. The second-order valence-corrected chi connectivity index (χ2v) is 5.22. The lowest BCUT2D eigenvalue weighted by molar-refractivity contribution is 0.0480. The Balaban J connectivity index is 2.13. The van der Waals surface area contributed by atoms with Gasteiger partial charge in [-0.15, -0.1) is 0 Å². The van der Waals surface area contributed by atoms with Gasteiger partial charge in [0.2, 0.25) is 0 Å². The van der Waals surface area contributed by atoms with Crippen LogP contribution in [0.2, 0.25) is 0 Å². The predicted molar refractivity (Wildman–Crippen MR) is 73.7 cm³/mol. The molecule has 2 aromatic rings. The van der Waals surface area contributed by atoms with Gasteiger partial charge in [0, 0.05) is 26.0 Å². The smallest absolute Gasteiger partial charge is 0.130 e. The first-order valence-corrected chi connectivity index (χ1v) is 6.92. The Morgan fingerprint density at radius 1 is 1.42 bits per heavy atom. The van der Waals surface area contributed by atoms with Crippen LogP contribution in [0.5, 0.6) is 0 Å². The molecule has 102 valence electrons. The number of ether oxygens (including phenoxy) is 1. The molecule has 5 nitrogen and oxygen atoms in total. The Hall–Kier alpha value is -1.46. The summed E-state index contributed by atoms with van der Waals surface area (Å²) in [5.41, 5.74) is 8.28. The highest BCUT2D eigenvalue weighted by Crippen LogP contribution is 2.31. The van der Waals surface area contributed by atoms with Crippen LogP contribution in [0.15, 0.2) is 18.5 Å². The fourth-order valence-corrected chi connectivity index (χ4v) is 2.77. The zero-order chi connectivity index (χ0) is 13.3. The van der Waals surface area contributed by atoms with E-state index in [9.17, 15) is 0 Å². The Morgan fingerprint density at radius 2 is 2.21 bits per heavy atom. The Labute approximate surface area is 112 Å². The van der Waals surface area contributed by atoms with E-state index in [4.69, 9.17) is 15.5 Å². The van der Waals surface area contributed by atoms with Gasteiger partial charge >= 0.3 is 0 Å². The molecule has 1 aliphatic rings. The quantitative estimate of drug-likeness (QED) is 0.914. The maximum Gasteiger partial charge on any atom is 0.130 e. The predicted octanol–water partition coefficient (Wildman–Crippen LogP) is 1.81. The van der Waals surface area contributed by atoms with Gasteiger partial charge in [0.25, 0.3) is 0 Å². The first-order chi connectivity index (χ1) is 9.24. The number of nitrogens with two attached hydrogens (primary N) is 1. The summed E-state index contributed by atoms with van der Waals surface area (Å²) in [5, 5.41) is 0. The largest absolute Gasteiger partial charge is 0.381 e. The summed E-state index contributed by atoms with van der Waals surface area (Å²) < 4.78 is 7.68. The molecule has 2 aromatic heterocycles. The lowest BCUT2D eigenvalue weighted by atomic mass is 9.90. The van der Waals surface area contributed by atoms with Crippen LogP contribution in [0.4, 0.5) is 0 Å². The number of nitrogens with zero attached hydrogens (tertiary/aromatic N) is 3. The van der Waals surface area contributed by atoms with Crippen molar-refractivity contribution in [2.24, 2.45) is 5.73 Å². The highest BCUT2D eigenvalue weighted by molar-refractivity contribution is 5.75. The average Bonchev–Trinajstić information content (AvgIpc) is 2.80. The molecule has 3 heterocycles. The van der Waals surface area contributed by atoms with E-state index < -0.39 is 0 Å². The molecule has 19 heavy (non-hydrogen) atoms. The minimum Gasteiger partial charge on any atom is -0.381 e. The number of imidazole rings is 1. The van der Waals surface area contributed by atoms with Crippen molar-refractivity contribution in [2.45, 2.75) is 38.3 Å². The van der Waals surface area contributed by atoms with Gasteiger partial charge in [-0.25, -0.2) is 4.98 Å². The van der Waals surface area contributed by atoms with Gasteiger partial charge in [0.05, 0.1) is 17.3 Å². The van der Waals surface area contributed by atoms with Crippen molar-refractivity contribution < 1.29 is 4.74 Å². The standard InChI is InChI=1S/C14H20N4O/c1-2-7-18-12-3-6-16-10-11(12)17-13(18)14(15)4-8-19-9-5-14/h3,6,10H,2,4-5,7-9,15H2,1H3. The molecule has 0 radical (unpaired) electrons. The molecule has 1 fully saturated rings. The van der Waals surface area contributed by atoms with Gasteiger partial charge < -0.3 is 15.0 Å². The van der Waals surface area contributed by atoms with Gasteiger partial charge in [0.1, 0.15) is 11.3 Å². The van der Waals surface area contributed by atoms with Crippen LogP contribution in [0, 0.1) is 0 Å². The lowest BCUT2D eigenvalue weighted by Gasteiger charge is -2.33. The van der Waals surface area contributed by atoms with Gasteiger partial charge in [-0.1, -0.05) is 6.92 Å². The molecule has 0 aliphatic carbocycles. The van der Waals surface area contributed by atoms with Crippen LogP contribution in [0.3, 0.4) is 0 Å². The maximum atomic E-state index is 6.59. The summed E-state index contributed by atoms with van der Waals surface area (Å²) in [6.45, 7) is 4.54. The van der Waals surface area contributed by atoms with Gasteiger partial charge in [-0.2, -0.15) is 0 Å². The molecule has 2 N–H and O–H groups in total. The van der Waals surface area contributed by atoms with Crippen LogP contribution in [0.25, 0.3) is 11.0 Å². The molecule has 0 spiro atoms. The molecule has 0 aromatic carbocycles.